The lowest BCUT2D eigenvalue weighted by molar-refractivity contribution is -0.145. The molecule has 2 aliphatic heterocycles. The van der Waals surface area contributed by atoms with Crippen LogP contribution < -0.4 is 0 Å². The predicted molar refractivity (Wildman–Crippen MR) is 105 cm³/mol. The van der Waals surface area contributed by atoms with Crippen LogP contribution in [-0.2, 0) is 9.59 Å². The second kappa shape index (κ2) is 7.09. The van der Waals surface area contributed by atoms with Crippen molar-refractivity contribution in [1.29, 1.82) is 0 Å². The Bertz CT molecular complexity index is 997. The normalized spacial score (nSPS) is 19.0. The summed E-state index contributed by atoms with van der Waals surface area (Å²) in [5, 5.41) is -0.252. The van der Waals surface area contributed by atoms with Crippen LogP contribution in [0.3, 0.4) is 0 Å². The minimum atomic E-state index is -0.888. The first-order chi connectivity index (χ1) is 13.5. The minimum absolute atomic E-state index is 0.106. The molecular weight excluding hydrogens is 376 g/mol. The quantitative estimate of drug-likeness (QED) is 0.454. The van der Waals surface area contributed by atoms with E-state index in [-0.39, 0.29) is 17.4 Å². The molecule has 3 amide bonds. The fraction of sp³-hybridized carbons (Fsp3) is 0.143. The molecule has 0 N–H and O–H groups in total. The molecule has 2 aliphatic rings. The second-order valence-corrected chi connectivity index (χ2v) is 7.20. The van der Waals surface area contributed by atoms with Crippen molar-refractivity contribution in [2.24, 2.45) is 0 Å². The van der Waals surface area contributed by atoms with Crippen LogP contribution in [0.4, 0.5) is 0 Å². The zero-order chi connectivity index (χ0) is 19.8. The van der Waals surface area contributed by atoms with E-state index in [9.17, 15) is 19.2 Å². The molecule has 6 nitrogen and oxygen atoms in total. The van der Waals surface area contributed by atoms with Gasteiger partial charge in [-0.05, 0) is 30.0 Å². The van der Waals surface area contributed by atoms with Crippen LogP contribution in [-0.4, -0.2) is 51.5 Å². The smallest absolute Gasteiger partial charge is 0.262 e. The number of carbonyl (C=O) groups is 4. The number of likely N-dealkylation sites (tertiary alicyclic amines) is 1. The maximum Gasteiger partial charge on any atom is 0.262 e. The van der Waals surface area contributed by atoms with Crippen LogP contribution in [0, 0.1) is 0 Å². The van der Waals surface area contributed by atoms with E-state index in [4.69, 9.17) is 0 Å². The summed E-state index contributed by atoms with van der Waals surface area (Å²) in [4.78, 5) is 52.7. The molecule has 0 radical (unpaired) electrons. The van der Waals surface area contributed by atoms with Gasteiger partial charge in [-0.15, -0.1) is 0 Å². The number of carbonyl (C=O) groups excluding carboxylic acids is 4. The summed E-state index contributed by atoms with van der Waals surface area (Å²) >= 11 is 1.01. The molecule has 0 spiro atoms. The number of benzene rings is 2. The summed E-state index contributed by atoms with van der Waals surface area (Å²) in [7, 11) is 0. The van der Waals surface area contributed by atoms with Gasteiger partial charge in [0.05, 0.1) is 23.4 Å². The van der Waals surface area contributed by atoms with Crippen LogP contribution in [0.2, 0.25) is 0 Å². The highest BCUT2D eigenvalue weighted by Gasteiger charge is 2.51. The Morgan fingerprint density at radius 2 is 1.54 bits per heavy atom. The highest BCUT2D eigenvalue weighted by Crippen LogP contribution is 2.32. The Hall–Kier alpha value is -3.19. The van der Waals surface area contributed by atoms with E-state index >= 15 is 0 Å². The number of rotatable bonds is 4. The average molecular weight is 392 g/mol. The highest BCUT2D eigenvalue weighted by atomic mass is 32.2. The van der Waals surface area contributed by atoms with Gasteiger partial charge in [-0.25, -0.2) is 0 Å². The first-order valence-electron chi connectivity index (χ1n) is 8.66. The number of hydrogen-bond acceptors (Lipinski definition) is 5. The van der Waals surface area contributed by atoms with E-state index in [0.717, 1.165) is 22.2 Å². The maximum atomic E-state index is 12.8. The topological polar surface area (TPSA) is 74.8 Å². The van der Waals surface area contributed by atoms with E-state index in [1.54, 1.807) is 36.6 Å². The standard InChI is InChI=1S/C21H16N2O4S/c1-28-21(27)16(11-13-7-3-2-4-8-13)22-12-17(20(22)26)23-18(24)14-9-5-6-10-15(14)19(23)25/h2-11,17H,12H2,1H3. The van der Waals surface area contributed by atoms with E-state index in [0.29, 0.717) is 11.1 Å². The van der Waals surface area contributed by atoms with Gasteiger partial charge in [0, 0.05) is 0 Å². The molecule has 1 saturated heterocycles. The molecule has 2 heterocycles. The lowest BCUT2D eigenvalue weighted by Gasteiger charge is -2.42. The number of imide groups is 1. The first kappa shape index (κ1) is 18.2. The molecule has 1 fully saturated rings. The predicted octanol–water partition coefficient (Wildman–Crippen LogP) is 2.42. The van der Waals surface area contributed by atoms with E-state index in [1.165, 1.54) is 4.90 Å². The van der Waals surface area contributed by atoms with Crippen molar-refractivity contribution in [2.75, 3.05) is 12.8 Å². The summed E-state index contributed by atoms with van der Waals surface area (Å²) in [6, 6.07) is 14.8. The van der Waals surface area contributed by atoms with Crippen molar-refractivity contribution >= 4 is 40.7 Å². The van der Waals surface area contributed by atoms with Gasteiger partial charge in [0.1, 0.15) is 6.04 Å². The molecule has 2 aromatic rings. The van der Waals surface area contributed by atoms with Gasteiger partial charge in [0.2, 0.25) is 5.12 Å². The maximum absolute atomic E-state index is 12.8. The molecule has 1 atom stereocenters. The van der Waals surface area contributed by atoms with Crippen LogP contribution in [0.25, 0.3) is 6.08 Å². The second-order valence-electron chi connectivity index (χ2n) is 6.42. The Kier molecular flexibility index (Phi) is 4.60. The van der Waals surface area contributed by atoms with Gasteiger partial charge in [-0.1, -0.05) is 54.2 Å². The van der Waals surface area contributed by atoms with Crippen molar-refractivity contribution in [1.82, 2.24) is 9.80 Å². The van der Waals surface area contributed by atoms with Crippen molar-refractivity contribution in [3.05, 3.63) is 77.0 Å². The molecule has 2 aromatic carbocycles. The van der Waals surface area contributed by atoms with Crippen molar-refractivity contribution < 1.29 is 19.2 Å². The SMILES string of the molecule is CSC(=O)C(=Cc1ccccc1)N1CC(N2C(=O)c3ccccc3C2=O)C1=O. The monoisotopic (exact) mass is 392 g/mol. The van der Waals surface area contributed by atoms with E-state index in [2.05, 4.69) is 0 Å². The molecular formula is C21H16N2O4S. The molecule has 0 saturated carbocycles. The van der Waals surface area contributed by atoms with Crippen molar-refractivity contribution in [3.63, 3.8) is 0 Å². The molecule has 4 rings (SSSR count). The van der Waals surface area contributed by atoms with Gasteiger partial charge in [0.25, 0.3) is 17.7 Å². The summed E-state index contributed by atoms with van der Waals surface area (Å²) in [6.07, 6.45) is 3.29. The highest BCUT2D eigenvalue weighted by molar-refractivity contribution is 8.13. The van der Waals surface area contributed by atoms with Crippen LogP contribution in [0.5, 0.6) is 0 Å². The van der Waals surface area contributed by atoms with E-state index in [1.807, 2.05) is 30.3 Å². The zero-order valence-corrected chi connectivity index (χ0v) is 15.8. The van der Waals surface area contributed by atoms with Gasteiger partial charge >= 0.3 is 0 Å². The number of fused-ring (bicyclic) bond motifs is 1. The number of hydrogen-bond donors (Lipinski definition) is 0. The summed E-state index contributed by atoms with van der Waals surface area (Å²) < 4.78 is 0. The molecule has 7 heteroatoms. The Balaban J connectivity index is 1.59. The molecule has 140 valence electrons. The fourth-order valence-electron chi connectivity index (χ4n) is 3.37. The molecule has 0 bridgehead atoms. The lowest BCUT2D eigenvalue weighted by Crippen LogP contribution is -2.64. The van der Waals surface area contributed by atoms with Crippen molar-refractivity contribution in [2.45, 2.75) is 6.04 Å². The molecule has 1 unspecified atom stereocenters. The average Bonchev–Trinajstić information content (AvgIpc) is 2.97. The van der Waals surface area contributed by atoms with Crippen LogP contribution in [0.15, 0.2) is 60.3 Å². The Morgan fingerprint density at radius 3 is 2.07 bits per heavy atom. The third-order valence-electron chi connectivity index (χ3n) is 4.83. The van der Waals surface area contributed by atoms with Crippen molar-refractivity contribution in [3.8, 4) is 0 Å². The van der Waals surface area contributed by atoms with Gasteiger partial charge < -0.3 is 4.90 Å². The third-order valence-corrected chi connectivity index (χ3v) is 5.41. The molecule has 0 aromatic heterocycles. The largest absolute Gasteiger partial charge is 0.304 e. The molecule has 28 heavy (non-hydrogen) atoms. The Labute approximate surface area is 165 Å². The fourth-order valence-corrected chi connectivity index (χ4v) is 3.75. The number of β-lactam (4-membered cyclic amide) rings is 1. The molecule has 0 aliphatic carbocycles. The summed E-state index contributed by atoms with van der Waals surface area (Å²) in [6.45, 7) is 0.106. The summed E-state index contributed by atoms with van der Waals surface area (Å²) in [5.41, 5.74) is 1.64. The number of amides is 3. The number of nitrogens with zero attached hydrogens (tertiary/aromatic N) is 2. The lowest BCUT2D eigenvalue weighted by atomic mass is 10.0. The minimum Gasteiger partial charge on any atom is -0.304 e. The van der Waals surface area contributed by atoms with E-state index < -0.39 is 23.8 Å². The van der Waals surface area contributed by atoms with Gasteiger partial charge in [-0.3, -0.25) is 24.1 Å². The summed E-state index contributed by atoms with van der Waals surface area (Å²) in [5.74, 6) is -1.37. The van der Waals surface area contributed by atoms with Crippen LogP contribution >= 0.6 is 11.8 Å². The first-order valence-corrected chi connectivity index (χ1v) is 9.88. The Morgan fingerprint density at radius 1 is 0.964 bits per heavy atom. The number of thioether (sulfide) groups is 1. The van der Waals surface area contributed by atoms with Gasteiger partial charge in [-0.2, -0.15) is 0 Å². The van der Waals surface area contributed by atoms with Crippen LogP contribution in [0.1, 0.15) is 26.3 Å². The van der Waals surface area contributed by atoms with Gasteiger partial charge in [0.15, 0.2) is 0 Å². The third kappa shape index (κ3) is 2.84. The zero-order valence-electron chi connectivity index (χ0n) is 15.0.